The number of anilines is 4. The molecule has 0 spiro atoms. The van der Waals surface area contributed by atoms with E-state index in [1.165, 1.54) is 18.9 Å². The summed E-state index contributed by atoms with van der Waals surface area (Å²) in [5.74, 6) is 1.95. The molecule has 2 aliphatic heterocycles. The number of nitrogens with zero attached hydrogens (tertiary/aromatic N) is 4. The Labute approximate surface area is 235 Å². The van der Waals surface area contributed by atoms with Crippen molar-refractivity contribution < 1.29 is 17.5 Å². The van der Waals surface area contributed by atoms with Crippen LogP contribution in [0.25, 0.3) is 10.8 Å². The molecule has 4 heterocycles. The van der Waals surface area contributed by atoms with Crippen molar-refractivity contribution >= 4 is 43.9 Å². The maximum absolute atomic E-state index is 14.4. The topological polar surface area (TPSA) is 121 Å². The van der Waals surface area contributed by atoms with Crippen LogP contribution in [-0.4, -0.2) is 87.0 Å². The van der Waals surface area contributed by atoms with Crippen molar-refractivity contribution in [1.82, 2.24) is 20.3 Å². The third-order valence-electron chi connectivity index (χ3n) is 7.91. The van der Waals surface area contributed by atoms with Crippen molar-refractivity contribution in [3.8, 4) is 0 Å². The van der Waals surface area contributed by atoms with E-state index in [4.69, 9.17) is 4.74 Å². The van der Waals surface area contributed by atoms with Crippen LogP contribution in [-0.2, 0) is 14.6 Å². The Kier molecular flexibility index (Phi) is 8.39. The first-order valence-electron chi connectivity index (χ1n) is 13.7. The second-order valence-corrected chi connectivity index (χ2v) is 13.3. The maximum Gasteiger partial charge on any atom is 0.227 e. The summed E-state index contributed by atoms with van der Waals surface area (Å²) in [7, 11) is -1.59. The van der Waals surface area contributed by atoms with E-state index in [0.717, 1.165) is 16.5 Å². The van der Waals surface area contributed by atoms with E-state index in [1.807, 2.05) is 23.2 Å². The highest BCUT2D eigenvalue weighted by Crippen LogP contribution is 2.33. The summed E-state index contributed by atoms with van der Waals surface area (Å²) < 4.78 is 44.1. The molecule has 0 radical (unpaired) electrons. The monoisotopic (exact) mass is 571 g/mol. The quantitative estimate of drug-likeness (QED) is 0.352. The van der Waals surface area contributed by atoms with Gasteiger partial charge in [-0.1, -0.05) is 19.9 Å². The number of pyridine rings is 1. The summed E-state index contributed by atoms with van der Waals surface area (Å²) in [5, 5.41) is 11.6. The lowest BCUT2D eigenvalue weighted by atomic mass is 9.96. The molecule has 2 aromatic heterocycles. The van der Waals surface area contributed by atoms with Crippen molar-refractivity contribution in [3.63, 3.8) is 0 Å². The number of fused-ring (bicyclic) bond motifs is 1. The van der Waals surface area contributed by atoms with Crippen LogP contribution >= 0.6 is 0 Å². The zero-order valence-electron chi connectivity index (χ0n) is 23.4. The predicted molar refractivity (Wildman–Crippen MR) is 157 cm³/mol. The number of piperidine rings is 1. The molecule has 4 atom stereocenters. The average Bonchev–Trinajstić information content (AvgIpc) is 3.41. The Balaban J connectivity index is 1.36. The molecule has 40 heavy (non-hydrogen) atoms. The molecule has 216 valence electrons. The van der Waals surface area contributed by atoms with E-state index in [2.05, 4.69) is 50.8 Å². The molecule has 3 aromatic rings. The fourth-order valence-corrected chi connectivity index (χ4v) is 6.99. The number of halogens is 1. The number of hydrogen-bond donors (Lipinski definition) is 3. The first kappa shape index (κ1) is 28.4. The van der Waals surface area contributed by atoms with Gasteiger partial charge in [-0.2, -0.15) is 4.98 Å². The zero-order valence-corrected chi connectivity index (χ0v) is 24.2. The molecule has 1 unspecified atom stereocenters. The van der Waals surface area contributed by atoms with Gasteiger partial charge in [0.15, 0.2) is 9.84 Å². The summed E-state index contributed by atoms with van der Waals surface area (Å²) in [6, 6.07) is 7.93. The fraction of sp³-hybridized carbons (Fsp3) is 0.536. The van der Waals surface area contributed by atoms with Gasteiger partial charge in [0, 0.05) is 68.9 Å². The minimum atomic E-state index is -3.13. The number of alkyl halides is 1. The van der Waals surface area contributed by atoms with Gasteiger partial charge in [0.05, 0.1) is 17.9 Å². The van der Waals surface area contributed by atoms with Crippen LogP contribution in [0.1, 0.15) is 31.7 Å². The average molecular weight is 572 g/mol. The number of ether oxygens (including phenoxy) is 1. The van der Waals surface area contributed by atoms with Crippen LogP contribution in [0, 0.1) is 5.92 Å². The Morgan fingerprint density at radius 2 is 2.00 bits per heavy atom. The van der Waals surface area contributed by atoms with Gasteiger partial charge < -0.3 is 25.6 Å². The molecule has 0 aliphatic carbocycles. The molecule has 1 aromatic carbocycles. The molecule has 12 heteroatoms. The van der Waals surface area contributed by atoms with Crippen molar-refractivity contribution in [2.45, 2.75) is 43.7 Å². The minimum Gasteiger partial charge on any atom is -0.384 e. The third kappa shape index (κ3) is 6.13. The molecule has 2 saturated heterocycles. The second-order valence-electron chi connectivity index (χ2n) is 11.0. The lowest BCUT2D eigenvalue weighted by molar-refractivity contribution is 0.0194. The van der Waals surface area contributed by atoms with Gasteiger partial charge in [-0.25, -0.2) is 22.8 Å². The number of sulfone groups is 1. The highest BCUT2D eigenvalue weighted by molar-refractivity contribution is 7.91. The zero-order chi connectivity index (χ0) is 28.4. The first-order valence-corrected chi connectivity index (χ1v) is 15.7. The van der Waals surface area contributed by atoms with Crippen molar-refractivity contribution in [2.24, 2.45) is 5.92 Å². The van der Waals surface area contributed by atoms with Gasteiger partial charge in [-0.15, -0.1) is 0 Å². The standard InChI is InChI=1S/C28H38FN7O3S/c1-17(2)19-5-6-23(32-13-18-12-30-15-25(18)40(4,37)38)21-14-33-27(11-20(19)21)34-26-7-9-31-28(35-26)36-10-8-24(39-3)22(29)16-36/h5-7,9,11,14,17-18,22,24-25,30,32H,8,10,12-13,15-16H2,1-4H3,(H,31,33,34,35)/t18?,22-,24+,25-/m0/s1. The van der Waals surface area contributed by atoms with Gasteiger partial charge in [0.2, 0.25) is 5.95 Å². The smallest absolute Gasteiger partial charge is 0.227 e. The molecule has 0 amide bonds. The summed E-state index contributed by atoms with van der Waals surface area (Å²) in [6.07, 6.45) is 3.88. The van der Waals surface area contributed by atoms with E-state index in [1.54, 1.807) is 12.3 Å². The number of hydrogen-bond acceptors (Lipinski definition) is 10. The second kappa shape index (κ2) is 11.8. The Morgan fingerprint density at radius 1 is 1.18 bits per heavy atom. The normalized spacial score (nSPS) is 23.6. The lowest BCUT2D eigenvalue weighted by Gasteiger charge is -2.33. The van der Waals surface area contributed by atoms with Crippen molar-refractivity contribution in [3.05, 3.63) is 42.2 Å². The van der Waals surface area contributed by atoms with Gasteiger partial charge in [-0.05, 0) is 41.5 Å². The number of nitrogens with one attached hydrogen (secondary N) is 3. The molecule has 0 bridgehead atoms. The first-order chi connectivity index (χ1) is 19.1. The Hall–Kier alpha value is -3.09. The van der Waals surface area contributed by atoms with Gasteiger partial charge in [0.1, 0.15) is 17.8 Å². The van der Waals surface area contributed by atoms with Crippen LogP contribution in [0.2, 0.25) is 0 Å². The van der Waals surface area contributed by atoms with Crippen LogP contribution < -0.4 is 20.9 Å². The molecule has 3 N–H and O–H groups in total. The van der Waals surface area contributed by atoms with Crippen molar-refractivity contribution in [2.75, 3.05) is 61.6 Å². The van der Waals surface area contributed by atoms with Gasteiger partial charge in [0.25, 0.3) is 0 Å². The molecule has 5 rings (SSSR count). The number of rotatable bonds is 9. The Morgan fingerprint density at radius 3 is 2.73 bits per heavy atom. The lowest BCUT2D eigenvalue weighted by Crippen LogP contribution is -2.46. The predicted octanol–water partition coefficient (Wildman–Crippen LogP) is 3.50. The summed E-state index contributed by atoms with van der Waals surface area (Å²) in [6.45, 7) is 6.80. The van der Waals surface area contributed by atoms with Crippen LogP contribution in [0.15, 0.2) is 36.7 Å². The minimum absolute atomic E-state index is 0.0105. The largest absolute Gasteiger partial charge is 0.384 e. The number of benzene rings is 1. The van der Waals surface area contributed by atoms with Crippen molar-refractivity contribution in [1.29, 1.82) is 0 Å². The van der Waals surface area contributed by atoms with Crippen LogP contribution in [0.5, 0.6) is 0 Å². The van der Waals surface area contributed by atoms with Gasteiger partial charge >= 0.3 is 0 Å². The van der Waals surface area contributed by atoms with E-state index in [0.29, 0.717) is 50.2 Å². The molecule has 2 fully saturated rings. The summed E-state index contributed by atoms with van der Waals surface area (Å²) in [5.41, 5.74) is 2.10. The van der Waals surface area contributed by atoms with Crippen LogP contribution in [0.4, 0.5) is 27.7 Å². The third-order valence-corrected chi connectivity index (χ3v) is 9.56. The summed E-state index contributed by atoms with van der Waals surface area (Å²) >= 11 is 0. The van der Waals surface area contributed by atoms with Gasteiger partial charge in [-0.3, -0.25) is 0 Å². The molecular weight excluding hydrogens is 533 g/mol. The SMILES string of the molecule is CO[C@@H]1CCN(c2nccc(Nc3cc4c(C(C)C)ccc(NCC5CNC[C@@H]5S(C)(=O)=O)c4cn3)n2)C[C@@H]1F. The fourth-order valence-electron chi connectivity index (χ4n) is 5.67. The molecule has 10 nitrogen and oxygen atoms in total. The van der Waals surface area contributed by atoms with E-state index in [-0.39, 0.29) is 18.4 Å². The number of aromatic nitrogens is 3. The highest BCUT2D eigenvalue weighted by Gasteiger charge is 2.34. The summed E-state index contributed by atoms with van der Waals surface area (Å²) in [4.78, 5) is 15.5. The molecule has 2 aliphatic rings. The number of methoxy groups -OCH3 is 1. The molecular formula is C28H38FN7O3S. The van der Waals surface area contributed by atoms with E-state index >= 15 is 0 Å². The molecule has 0 saturated carbocycles. The van der Waals surface area contributed by atoms with E-state index < -0.39 is 27.4 Å². The maximum atomic E-state index is 14.4. The Bertz CT molecular complexity index is 1460. The van der Waals surface area contributed by atoms with E-state index in [9.17, 15) is 12.8 Å². The van der Waals surface area contributed by atoms with Crippen LogP contribution in [0.3, 0.4) is 0 Å². The highest BCUT2D eigenvalue weighted by atomic mass is 32.2.